The minimum Gasteiger partial charge on any atom is -0.462 e. The standard InChI is InChI=1S/C23H31N7O3/c1-4-33-21(32)17-13-25-22(28-20(17)29-23(14-31)8-6-5-7-9-23)27-19-10-18-16(11-24-19)12-26-30(18)15(2)3/h10-13,15,31H,4-9,14H2,1-3H3,(H2,24,25,27,28,29). The van der Waals surface area contributed by atoms with Crippen LogP contribution in [0.4, 0.5) is 17.6 Å². The minimum absolute atomic E-state index is 0.0422. The van der Waals surface area contributed by atoms with E-state index in [0.717, 1.165) is 43.0 Å². The number of anilines is 3. The Kier molecular flexibility index (Phi) is 6.73. The van der Waals surface area contributed by atoms with Crippen molar-refractivity contribution in [3.63, 3.8) is 0 Å². The summed E-state index contributed by atoms with van der Waals surface area (Å²) in [7, 11) is 0. The van der Waals surface area contributed by atoms with Gasteiger partial charge in [0.15, 0.2) is 0 Å². The van der Waals surface area contributed by atoms with Crippen LogP contribution in [0.1, 0.15) is 69.3 Å². The summed E-state index contributed by atoms with van der Waals surface area (Å²) in [5, 5.41) is 22.0. The number of hydrogen-bond donors (Lipinski definition) is 3. The molecule has 3 aromatic rings. The Morgan fingerprint density at radius 2 is 2.00 bits per heavy atom. The zero-order valence-electron chi connectivity index (χ0n) is 19.3. The first-order chi connectivity index (χ1) is 15.9. The molecular formula is C23H31N7O3. The van der Waals surface area contributed by atoms with Gasteiger partial charge < -0.3 is 20.5 Å². The molecule has 0 aromatic carbocycles. The third-order valence-electron chi connectivity index (χ3n) is 5.99. The predicted molar refractivity (Wildman–Crippen MR) is 126 cm³/mol. The molecule has 176 valence electrons. The molecule has 0 spiro atoms. The molecule has 0 radical (unpaired) electrons. The van der Waals surface area contributed by atoms with E-state index in [1.807, 2.05) is 10.7 Å². The normalized spacial score (nSPS) is 15.5. The molecule has 10 nitrogen and oxygen atoms in total. The van der Waals surface area contributed by atoms with Crippen molar-refractivity contribution in [2.45, 2.75) is 64.5 Å². The van der Waals surface area contributed by atoms with E-state index in [1.165, 1.54) is 6.20 Å². The molecule has 0 atom stereocenters. The molecule has 1 saturated carbocycles. The first-order valence-corrected chi connectivity index (χ1v) is 11.5. The van der Waals surface area contributed by atoms with Gasteiger partial charge in [-0.25, -0.2) is 14.8 Å². The van der Waals surface area contributed by atoms with Crippen molar-refractivity contribution < 1.29 is 14.6 Å². The van der Waals surface area contributed by atoms with Gasteiger partial charge >= 0.3 is 5.97 Å². The van der Waals surface area contributed by atoms with Crippen LogP contribution in [0.15, 0.2) is 24.7 Å². The molecular weight excluding hydrogens is 422 g/mol. The molecule has 4 rings (SSSR count). The van der Waals surface area contributed by atoms with Gasteiger partial charge in [0, 0.05) is 29.9 Å². The summed E-state index contributed by atoms with van der Waals surface area (Å²) in [6, 6.07) is 2.10. The van der Waals surface area contributed by atoms with Crippen molar-refractivity contribution in [2.75, 3.05) is 23.8 Å². The SMILES string of the molecule is CCOC(=O)c1cnc(Nc2cc3c(cn2)cnn3C(C)C)nc1NC1(CO)CCCCC1. The molecule has 0 bridgehead atoms. The second-order valence-electron chi connectivity index (χ2n) is 8.74. The predicted octanol–water partition coefficient (Wildman–Crippen LogP) is 3.83. The zero-order valence-corrected chi connectivity index (χ0v) is 19.3. The topological polar surface area (TPSA) is 127 Å². The maximum absolute atomic E-state index is 12.5. The smallest absolute Gasteiger partial charge is 0.343 e. The van der Waals surface area contributed by atoms with E-state index >= 15 is 0 Å². The second kappa shape index (κ2) is 9.70. The van der Waals surface area contributed by atoms with Gasteiger partial charge in [0.25, 0.3) is 0 Å². The maximum Gasteiger partial charge on any atom is 0.343 e. The summed E-state index contributed by atoms with van der Waals surface area (Å²) in [4.78, 5) is 25.9. The molecule has 0 unspecified atom stereocenters. The van der Waals surface area contributed by atoms with Crippen molar-refractivity contribution in [2.24, 2.45) is 0 Å². The molecule has 33 heavy (non-hydrogen) atoms. The van der Waals surface area contributed by atoms with Gasteiger partial charge in [0.1, 0.15) is 17.2 Å². The largest absolute Gasteiger partial charge is 0.462 e. The van der Waals surface area contributed by atoms with Crippen molar-refractivity contribution in [3.05, 3.63) is 30.2 Å². The molecule has 1 aliphatic rings. The highest BCUT2D eigenvalue weighted by Crippen LogP contribution is 2.32. The highest BCUT2D eigenvalue weighted by molar-refractivity contribution is 5.94. The fourth-order valence-electron chi connectivity index (χ4n) is 4.23. The van der Waals surface area contributed by atoms with Crippen molar-refractivity contribution in [1.82, 2.24) is 24.7 Å². The number of aliphatic hydroxyl groups is 1. The molecule has 1 aliphatic carbocycles. The summed E-state index contributed by atoms with van der Waals surface area (Å²) < 4.78 is 7.12. The third kappa shape index (κ3) is 4.90. The van der Waals surface area contributed by atoms with Crippen LogP contribution in [0.3, 0.4) is 0 Å². The van der Waals surface area contributed by atoms with Crippen LogP contribution in [-0.4, -0.2) is 54.6 Å². The van der Waals surface area contributed by atoms with Gasteiger partial charge in [-0.15, -0.1) is 0 Å². The summed E-state index contributed by atoms with van der Waals surface area (Å²) in [6.07, 6.45) is 9.73. The van der Waals surface area contributed by atoms with Crippen molar-refractivity contribution in [3.8, 4) is 0 Å². The summed E-state index contributed by atoms with van der Waals surface area (Å²) in [5.74, 6) is 0.692. The zero-order chi connectivity index (χ0) is 23.4. The third-order valence-corrected chi connectivity index (χ3v) is 5.99. The van der Waals surface area contributed by atoms with Gasteiger partial charge in [-0.3, -0.25) is 4.68 Å². The number of aromatic nitrogens is 5. The number of carbonyl (C=O) groups is 1. The lowest BCUT2D eigenvalue weighted by Crippen LogP contribution is -2.44. The number of carbonyl (C=O) groups excluding carboxylic acids is 1. The lowest BCUT2D eigenvalue weighted by atomic mass is 9.82. The number of esters is 1. The maximum atomic E-state index is 12.5. The number of fused-ring (bicyclic) bond motifs is 1. The van der Waals surface area contributed by atoms with Gasteiger partial charge in [0.2, 0.25) is 5.95 Å². The average molecular weight is 454 g/mol. The van der Waals surface area contributed by atoms with E-state index < -0.39 is 11.5 Å². The molecule has 10 heteroatoms. The number of rotatable bonds is 8. The quantitative estimate of drug-likeness (QED) is 0.436. The number of nitrogens with one attached hydrogen (secondary N) is 2. The molecule has 1 fully saturated rings. The Bertz CT molecular complexity index is 1120. The first-order valence-electron chi connectivity index (χ1n) is 11.5. The molecule has 0 amide bonds. The van der Waals surface area contributed by atoms with E-state index in [0.29, 0.717) is 11.6 Å². The molecule has 3 N–H and O–H groups in total. The van der Waals surface area contributed by atoms with Crippen LogP contribution in [0.5, 0.6) is 0 Å². The summed E-state index contributed by atoms with van der Waals surface area (Å²) in [5.41, 5.74) is 0.666. The fourth-order valence-corrected chi connectivity index (χ4v) is 4.23. The highest BCUT2D eigenvalue weighted by Gasteiger charge is 2.33. The van der Waals surface area contributed by atoms with Gasteiger partial charge in [0.05, 0.1) is 30.5 Å². The molecule has 0 aliphatic heterocycles. The Hall–Kier alpha value is -3.27. The second-order valence-corrected chi connectivity index (χ2v) is 8.74. The van der Waals surface area contributed by atoms with Crippen LogP contribution in [0.2, 0.25) is 0 Å². The van der Waals surface area contributed by atoms with E-state index in [9.17, 15) is 9.90 Å². The minimum atomic E-state index is -0.522. The molecule has 3 heterocycles. The van der Waals surface area contributed by atoms with Gasteiger partial charge in [-0.05, 0) is 33.6 Å². The van der Waals surface area contributed by atoms with Crippen LogP contribution >= 0.6 is 0 Å². The number of pyridine rings is 1. The van der Waals surface area contributed by atoms with Gasteiger partial charge in [-0.1, -0.05) is 19.3 Å². The first kappa shape index (κ1) is 22.9. The summed E-state index contributed by atoms with van der Waals surface area (Å²) >= 11 is 0. The lowest BCUT2D eigenvalue weighted by molar-refractivity contribution is 0.0526. The monoisotopic (exact) mass is 453 g/mol. The number of nitrogens with zero attached hydrogens (tertiary/aromatic N) is 5. The molecule has 0 saturated heterocycles. The van der Waals surface area contributed by atoms with E-state index in [1.54, 1.807) is 19.3 Å². The van der Waals surface area contributed by atoms with Crippen LogP contribution < -0.4 is 10.6 Å². The Labute approximate surface area is 192 Å². The van der Waals surface area contributed by atoms with E-state index in [-0.39, 0.29) is 30.8 Å². The van der Waals surface area contributed by atoms with Crippen LogP contribution in [0, 0.1) is 0 Å². The van der Waals surface area contributed by atoms with Crippen LogP contribution in [0.25, 0.3) is 10.9 Å². The Balaban J connectivity index is 1.66. The van der Waals surface area contributed by atoms with E-state index in [2.05, 4.69) is 44.5 Å². The van der Waals surface area contributed by atoms with Gasteiger partial charge in [-0.2, -0.15) is 10.1 Å². The number of hydrogen-bond acceptors (Lipinski definition) is 9. The Morgan fingerprint density at radius 3 is 2.70 bits per heavy atom. The van der Waals surface area contributed by atoms with E-state index in [4.69, 9.17) is 4.74 Å². The fraction of sp³-hybridized carbons (Fsp3) is 0.522. The van der Waals surface area contributed by atoms with Crippen LogP contribution in [-0.2, 0) is 4.74 Å². The lowest BCUT2D eigenvalue weighted by Gasteiger charge is -2.37. The highest BCUT2D eigenvalue weighted by atomic mass is 16.5. The summed E-state index contributed by atoms with van der Waals surface area (Å²) in [6.45, 7) is 6.09. The van der Waals surface area contributed by atoms with Crippen molar-refractivity contribution in [1.29, 1.82) is 0 Å². The Morgan fingerprint density at radius 1 is 1.21 bits per heavy atom. The average Bonchev–Trinajstić information content (AvgIpc) is 3.24. The van der Waals surface area contributed by atoms with Crippen molar-refractivity contribution >= 4 is 34.5 Å². The molecule has 3 aromatic heterocycles. The number of ether oxygens (including phenoxy) is 1. The number of aliphatic hydroxyl groups excluding tert-OH is 1.